The van der Waals surface area contributed by atoms with E-state index in [0.717, 1.165) is 18.1 Å². The fourth-order valence-electron chi connectivity index (χ4n) is 1.73. The molecular formula is C15H14O4S. The molecule has 104 valence electrons. The van der Waals surface area contributed by atoms with Crippen LogP contribution in [0.3, 0.4) is 0 Å². The molecule has 2 aromatic carbocycles. The Bertz CT molecular complexity index is 731. The maximum atomic E-state index is 11.4. The number of carbonyl (C=O) groups is 1. The molecule has 0 amide bonds. The summed E-state index contributed by atoms with van der Waals surface area (Å²) in [4.78, 5) is 11.2. The van der Waals surface area contributed by atoms with Gasteiger partial charge in [0.1, 0.15) is 11.5 Å². The second-order valence-corrected chi connectivity index (χ2v) is 6.52. The first-order valence-corrected chi connectivity index (χ1v) is 7.83. The van der Waals surface area contributed by atoms with Gasteiger partial charge in [0.15, 0.2) is 16.1 Å². The Labute approximate surface area is 117 Å². The third-order valence-corrected chi connectivity index (χ3v) is 3.90. The van der Waals surface area contributed by atoms with Crippen molar-refractivity contribution >= 4 is 16.1 Å². The van der Waals surface area contributed by atoms with Crippen molar-refractivity contribution in [1.82, 2.24) is 0 Å². The molecule has 2 aromatic rings. The molecule has 0 saturated carbocycles. The van der Waals surface area contributed by atoms with Crippen LogP contribution in [0.1, 0.15) is 15.9 Å². The first kappa shape index (κ1) is 14.3. The Balaban J connectivity index is 2.29. The van der Waals surface area contributed by atoms with Crippen LogP contribution in [0.25, 0.3) is 0 Å². The lowest BCUT2D eigenvalue weighted by Crippen LogP contribution is -1.97. The van der Waals surface area contributed by atoms with E-state index < -0.39 is 9.84 Å². The number of hydrogen-bond donors (Lipinski definition) is 0. The van der Waals surface area contributed by atoms with Gasteiger partial charge in [0.25, 0.3) is 0 Å². The lowest BCUT2D eigenvalue weighted by molar-refractivity contribution is 0.112. The SMILES string of the molecule is Cc1ccc(Oc2ccc(S(C)(=O)=O)cc2)c(C=O)c1. The highest BCUT2D eigenvalue weighted by Gasteiger charge is 2.08. The normalized spacial score (nSPS) is 11.1. The van der Waals surface area contributed by atoms with Crippen LogP contribution in [0, 0.1) is 6.92 Å². The molecule has 0 bridgehead atoms. The standard InChI is InChI=1S/C15H14O4S/c1-11-3-8-15(12(9-11)10-16)19-13-4-6-14(7-5-13)20(2,17)18/h3-10H,1-2H3. The van der Waals surface area contributed by atoms with Crippen LogP contribution in [-0.2, 0) is 9.84 Å². The summed E-state index contributed by atoms with van der Waals surface area (Å²) in [6, 6.07) is 11.3. The van der Waals surface area contributed by atoms with Crippen molar-refractivity contribution in [2.45, 2.75) is 11.8 Å². The first-order chi connectivity index (χ1) is 9.40. The number of sulfone groups is 1. The van der Waals surface area contributed by atoms with Gasteiger partial charge in [0.05, 0.1) is 10.5 Å². The minimum Gasteiger partial charge on any atom is -0.457 e. The van der Waals surface area contributed by atoms with Gasteiger partial charge < -0.3 is 4.74 Å². The molecule has 0 radical (unpaired) electrons. The third-order valence-electron chi connectivity index (χ3n) is 2.77. The van der Waals surface area contributed by atoms with Crippen molar-refractivity contribution in [2.75, 3.05) is 6.26 Å². The third kappa shape index (κ3) is 3.24. The van der Waals surface area contributed by atoms with Crippen molar-refractivity contribution in [1.29, 1.82) is 0 Å². The van der Waals surface area contributed by atoms with E-state index in [1.54, 1.807) is 24.3 Å². The molecule has 0 aliphatic rings. The Morgan fingerprint density at radius 1 is 1.05 bits per heavy atom. The van der Waals surface area contributed by atoms with Gasteiger partial charge >= 0.3 is 0 Å². The maximum absolute atomic E-state index is 11.4. The largest absolute Gasteiger partial charge is 0.457 e. The summed E-state index contributed by atoms with van der Waals surface area (Å²) in [7, 11) is -3.22. The van der Waals surface area contributed by atoms with Gasteiger partial charge in [-0.3, -0.25) is 4.79 Å². The Kier molecular flexibility index (Phi) is 3.90. The Hall–Kier alpha value is -2.14. The summed E-state index contributed by atoms with van der Waals surface area (Å²) in [6.45, 7) is 1.89. The van der Waals surface area contributed by atoms with E-state index in [0.29, 0.717) is 17.1 Å². The van der Waals surface area contributed by atoms with Crippen molar-refractivity contribution < 1.29 is 17.9 Å². The minimum absolute atomic E-state index is 0.226. The van der Waals surface area contributed by atoms with Gasteiger partial charge in [-0.2, -0.15) is 0 Å². The summed E-state index contributed by atoms with van der Waals surface area (Å²) < 4.78 is 28.3. The van der Waals surface area contributed by atoms with Crippen LogP contribution < -0.4 is 4.74 Å². The van der Waals surface area contributed by atoms with E-state index in [4.69, 9.17) is 4.74 Å². The summed E-state index contributed by atoms with van der Waals surface area (Å²) in [5, 5.41) is 0. The number of benzene rings is 2. The van der Waals surface area contributed by atoms with Crippen molar-refractivity contribution in [2.24, 2.45) is 0 Å². The lowest BCUT2D eigenvalue weighted by Gasteiger charge is -2.09. The first-order valence-electron chi connectivity index (χ1n) is 5.94. The summed E-state index contributed by atoms with van der Waals surface area (Å²) >= 11 is 0. The predicted molar refractivity (Wildman–Crippen MR) is 76.2 cm³/mol. The molecule has 20 heavy (non-hydrogen) atoms. The van der Waals surface area contributed by atoms with Crippen molar-refractivity contribution in [3.8, 4) is 11.5 Å². The number of hydrogen-bond acceptors (Lipinski definition) is 4. The van der Waals surface area contributed by atoms with Gasteiger partial charge in [-0.1, -0.05) is 11.6 Å². The number of carbonyl (C=O) groups excluding carboxylic acids is 1. The molecule has 0 heterocycles. The van der Waals surface area contributed by atoms with Crippen molar-refractivity contribution in [3.05, 3.63) is 53.6 Å². The molecule has 0 aliphatic heterocycles. The number of rotatable bonds is 4. The minimum atomic E-state index is -3.22. The highest BCUT2D eigenvalue weighted by atomic mass is 32.2. The van der Waals surface area contributed by atoms with Crippen LogP contribution in [0.2, 0.25) is 0 Å². The Morgan fingerprint density at radius 3 is 2.25 bits per heavy atom. The topological polar surface area (TPSA) is 60.4 Å². The van der Waals surface area contributed by atoms with E-state index >= 15 is 0 Å². The molecule has 0 fully saturated rings. The average Bonchev–Trinajstić information content (AvgIpc) is 2.40. The van der Waals surface area contributed by atoms with E-state index in [2.05, 4.69) is 0 Å². The summed E-state index contributed by atoms with van der Waals surface area (Å²) in [5.74, 6) is 0.919. The van der Waals surface area contributed by atoms with Crippen LogP contribution in [0.15, 0.2) is 47.4 Å². The van der Waals surface area contributed by atoms with E-state index in [-0.39, 0.29) is 4.90 Å². The molecule has 0 aromatic heterocycles. The second-order valence-electron chi connectivity index (χ2n) is 4.50. The zero-order chi connectivity index (χ0) is 14.8. The van der Waals surface area contributed by atoms with Gasteiger partial charge in [0, 0.05) is 6.26 Å². The monoisotopic (exact) mass is 290 g/mol. The highest BCUT2D eigenvalue weighted by molar-refractivity contribution is 7.90. The average molecular weight is 290 g/mol. The fourth-order valence-corrected chi connectivity index (χ4v) is 2.37. The van der Waals surface area contributed by atoms with E-state index in [9.17, 15) is 13.2 Å². The zero-order valence-corrected chi connectivity index (χ0v) is 12.0. The van der Waals surface area contributed by atoms with Gasteiger partial charge in [-0.05, 0) is 43.3 Å². The maximum Gasteiger partial charge on any atom is 0.175 e. The molecular weight excluding hydrogens is 276 g/mol. The molecule has 0 unspecified atom stereocenters. The van der Waals surface area contributed by atoms with Crippen LogP contribution in [-0.4, -0.2) is 21.0 Å². The summed E-state index contributed by atoms with van der Waals surface area (Å²) in [5.41, 5.74) is 1.42. The molecule has 0 atom stereocenters. The highest BCUT2D eigenvalue weighted by Crippen LogP contribution is 2.26. The van der Waals surface area contributed by atoms with Crippen molar-refractivity contribution in [3.63, 3.8) is 0 Å². The van der Waals surface area contributed by atoms with E-state index in [1.807, 2.05) is 13.0 Å². The lowest BCUT2D eigenvalue weighted by atomic mass is 10.1. The number of ether oxygens (including phenoxy) is 1. The smallest absolute Gasteiger partial charge is 0.175 e. The van der Waals surface area contributed by atoms with E-state index in [1.165, 1.54) is 12.1 Å². The summed E-state index contributed by atoms with van der Waals surface area (Å²) in [6.07, 6.45) is 1.88. The Morgan fingerprint density at radius 2 is 1.70 bits per heavy atom. The number of aryl methyl sites for hydroxylation is 1. The van der Waals surface area contributed by atoms with Crippen LogP contribution in [0.5, 0.6) is 11.5 Å². The van der Waals surface area contributed by atoms with Crippen LogP contribution >= 0.6 is 0 Å². The molecule has 2 rings (SSSR count). The molecule has 0 N–H and O–H groups in total. The zero-order valence-electron chi connectivity index (χ0n) is 11.2. The van der Waals surface area contributed by atoms with Crippen LogP contribution in [0.4, 0.5) is 0 Å². The fraction of sp³-hybridized carbons (Fsp3) is 0.133. The second kappa shape index (κ2) is 5.46. The molecule has 4 nitrogen and oxygen atoms in total. The quantitative estimate of drug-likeness (QED) is 0.812. The van der Waals surface area contributed by atoms with Gasteiger partial charge in [-0.15, -0.1) is 0 Å². The molecule has 0 aliphatic carbocycles. The molecule has 0 spiro atoms. The molecule has 5 heteroatoms. The van der Waals surface area contributed by atoms with Gasteiger partial charge in [-0.25, -0.2) is 8.42 Å². The van der Waals surface area contributed by atoms with Gasteiger partial charge in [0.2, 0.25) is 0 Å². The predicted octanol–water partition coefficient (Wildman–Crippen LogP) is 3.00. The molecule has 0 saturated heterocycles. The number of aldehydes is 1.